The van der Waals surface area contributed by atoms with E-state index in [0.29, 0.717) is 6.54 Å². The molecule has 0 aliphatic heterocycles. The number of rotatable bonds is 4. The number of likely N-dealkylation sites (N-methyl/N-ethyl adjacent to an activating group) is 1. The quantitative estimate of drug-likeness (QED) is 0.935. The van der Waals surface area contributed by atoms with Crippen LogP contribution in [-0.2, 0) is 24.9 Å². The van der Waals surface area contributed by atoms with Crippen LogP contribution in [0.5, 0.6) is 0 Å². The highest BCUT2D eigenvalue weighted by molar-refractivity contribution is 5.31. The van der Waals surface area contributed by atoms with Crippen LogP contribution in [0.25, 0.3) is 0 Å². The Kier molecular flexibility index (Phi) is 3.76. The molecule has 0 saturated carbocycles. The highest BCUT2D eigenvalue weighted by Gasteiger charge is 2.32. The van der Waals surface area contributed by atoms with Gasteiger partial charge in [0.2, 0.25) is 0 Å². The van der Waals surface area contributed by atoms with Crippen molar-refractivity contribution in [1.82, 2.24) is 14.9 Å². The molecule has 0 saturated heterocycles. The molecular weight excluding hydrogens is 260 g/mol. The van der Waals surface area contributed by atoms with Gasteiger partial charge in [0.25, 0.3) is 0 Å². The van der Waals surface area contributed by atoms with Crippen molar-refractivity contribution in [3.05, 3.63) is 53.6 Å². The van der Waals surface area contributed by atoms with Gasteiger partial charge >= 0.3 is 0 Å². The number of nitrogens with zero attached hydrogens (tertiary/aromatic N) is 3. The Balaban J connectivity index is 1.97. The summed E-state index contributed by atoms with van der Waals surface area (Å²) in [6, 6.07) is 12.4. The summed E-state index contributed by atoms with van der Waals surface area (Å²) in [6.45, 7) is 0.590. The molecule has 1 atom stereocenters. The number of hydrogen-bond acceptors (Lipinski definition) is 3. The first-order valence-corrected chi connectivity index (χ1v) is 7.47. The van der Waals surface area contributed by atoms with Gasteiger partial charge in [0.15, 0.2) is 0 Å². The summed E-state index contributed by atoms with van der Waals surface area (Å²) in [5.74, 6) is 0. The zero-order valence-electron chi connectivity index (χ0n) is 12.3. The minimum atomic E-state index is -0.715. The second-order valence-electron chi connectivity index (χ2n) is 5.61. The average molecular weight is 280 g/mol. The third-order valence-corrected chi connectivity index (χ3v) is 4.40. The Bertz CT molecular complexity index is 653. The number of fused-ring (bicyclic) bond motifs is 1. The van der Waals surface area contributed by atoms with Gasteiger partial charge in [-0.2, -0.15) is 5.26 Å². The molecule has 108 valence electrons. The second-order valence-corrected chi connectivity index (χ2v) is 5.61. The number of hydrogen-bond donors (Lipinski definition) is 1. The average Bonchev–Trinajstić information content (AvgIpc) is 2.96. The van der Waals surface area contributed by atoms with Crippen LogP contribution < -0.4 is 5.32 Å². The summed E-state index contributed by atoms with van der Waals surface area (Å²) in [6.07, 6.45) is 6.45. The number of aromatic nitrogens is 2. The molecule has 1 aromatic heterocycles. The molecule has 1 heterocycles. The second kappa shape index (κ2) is 5.71. The summed E-state index contributed by atoms with van der Waals surface area (Å²) < 4.78 is 2.15. The Labute approximate surface area is 125 Å². The lowest BCUT2D eigenvalue weighted by Crippen LogP contribution is -2.42. The van der Waals surface area contributed by atoms with Gasteiger partial charge < -0.3 is 4.57 Å². The maximum absolute atomic E-state index is 9.79. The van der Waals surface area contributed by atoms with Crippen molar-refractivity contribution in [3.8, 4) is 6.07 Å². The van der Waals surface area contributed by atoms with Crippen molar-refractivity contribution in [3.63, 3.8) is 0 Å². The molecule has 1 aliphatic carbocycles. The molecule has 0 radical (unpaired) electrons. The maximum Gasteiger partial charge on any atom is 0.150 e. The monoisotopic (exact) mass is 280 g/mol. The summed E-state index contributed by atoms with van der Waals surface area (Å²) >= 11 is 0. The van der Waals surface area contributed by atoms with E-state index < -0.39 is 5.54 Å². The molecule has 21 heavy (non-hydrogen) atoms. The third kappa shape index (κ3) is 2.45. The van der Waals surface area contributed by atoms with Crippen LogP contribution in [0.15, 0.2) is 36.7 Å². The Morgan fingerprint density at radius 2 is 2.05 bits per heavy atom. The van der Waals surface area contributed by atoms with E-state index in [1.807, 2.05) is 43.7 Å². The molecule has 0 fully saturated rings. The smallest absolute Gasteiger partial charge is 0.150 e. The minimum absolute atomic E-state index is 0.590. The largest absolute Gasteiger partial charge is 0.331 e. The van der Waals surface area contributed by atoms with E-state index in [0.717, 1.165) is 18.4 Å². The van der Waals surface area contributed by atoms with E-state index >= 15 is 0 Å². The maximum atomic E-state index is 9.79. The molecule has 1 N–H and O–H groups in total. The first kappa shape index (κ1) is 13.8. The lowest BCUT2D eigenvalue weighted by molar-refractivity contribution is 0.389. The van der Waals surface area contributed by atoms with Crippen molar-refractivity contribution in [1.29, 1.82) is 5.26 Å². The number of nitriles is 1. The summed E-state index contributed by atoms with van der Waals surface area (Å²) in [4.78, 5) is 4.53. The summed E-state index contributed by atoms with van der Waals surface area (Å²) in [7, 11) is 1.85. The SMILES string of the molecule is CNC(C#N)(Cn1cnc2c1CCCC2)c1ccccc1. The van der Waals surface area contributed by atoms with Gasteiger partial charge in [-0.05, 0) is 38.3 Å². The predicted molar refractivity (Wildman–Crippen MR) is 81.7 cm³/mol. The van der Waals surface area contributed by atoms with Gasteiger partial charge in [-0.3, -0.25) is 5.32 Å². The predicted octanol–water partition coefficient (Wildman–Crippen LogP) is 2.40. The Morgan fingerprint density at radius 1 is 1.29 bits per heavy atom. The van der Waals surface area contributed by atoms with Crippen LogP contribution in [0.4, 0.5) is 0 Å². The van der Waals surface area contributed by atoms with Gasteiger partial charge in [-0.25, -0.2) is 4.98 Å². The summed E-state index contributed by atoms with van der Waals surface area (Å²) in [5.41, 5.74) is 2.78. The van der Waals surface area contributed by atoms with Crippen molar-refractivity contribution >= 4 is 0 Å². The van der Waals surface area contributed by atoms with E-state index in [-0.39, 0.29) is 0 Å². The number of imidazole rings is 1. The standard InChI is InChI=1S/C17H20N4/c1-19-17(11-18,14-7-3-2-4-8-14)12-21-13-20-15-9-5-6-10-16(15)21/h2-4,7-8,13,19H,5-6,9-10,12H2,1H3. The molecule has 1 aliphatic rings. The highest BCUT2D eigenvalue weighted by Crippen LogP contribution is 2.26. The summed E-state index contributed by atoms with van der Waals surface area (Å²) in [5, 5.41) is 13.0. The van der Waals surface area contributed by atoms with Crippen LogP contribution in [0, 0.1) is 11.3 Å². The third-order valence-electron chi connectivity index (χ3n) is 4.40. The molecule has 1 unspecified atom stereocenters. The molecule has 2 aromatic rings. The molecule has 0 amide bonds. The lowest BCUT2D eigenvalue weighted by atomic mass is 9.91. The number of nitrogens with one attached hydrogen (secondary N) is 1. The van der Waals surface area contributed by atoms with E-state index in [1.54, 1.807) is 0 Å². The molecule has 0 bridgehead atoms. The van der Waals surface area contributed by atoms with E-state index in [1.165, 1.54) is 24.2 Å². The molecular formula is C17H20N4. The van der Waals surface area contributed by atoms with Crippen LogP contribution in [-0.4, -0.2) is 16.6 Å². The topological polar surface area (TPSA) is 53.6 Å². The number of benzene rings is 1. The fraction of sp³-hybridized carbons (Fsp3) is 0.412. The van der Waals surface area contributed by atoms with Gasteiger partial charge in [0.05, 0.1) is 24.6 Å². The number of aryl methyl sites for hydroxylation is 1. The molecule has 4 nitrogen and oxygen atoms in total. The zero-order chi connectivity index (χ0) is 14.7. The van der Waals surface area contributed by atoms with Crippen LogP contribution in [0.2, 0.25) is 0 Å². The van der Waals surface area contributed by atoms with Crippen LogP contribution >= 0.6 is 0 Å². The first-order valence-electron chi connectivity index (χ1n) is 7.47. The van der Waals surface area contributed by atoms with Gasteiger partial charge in [0, 0.05) is 5.69 Å². The van der Waals surface area contributed by atoms with Gasteiger partial charge in [-0.1, -0.05) is 30.3 Å². The fourth-order valence-corrected chi connectivity index (χ4v) is 3.12. The molecule has 0 spiro atoms. The van der Waals surface area contributed by atoms with Crippen molar-refractivity contribution in [2.75, 3.05) is 7.05 Å². The Morgan fingerprint density at radius 3 is 2.76 bits per heavy atom. The van der Waals surface area contributed by atoms with E-state index in [2.05, 4.69) is 20.9 Å². The first-order chi connectivity index (χ1) is 10.3. The van der Waals surface area contributed by atoms with E-state index in [4.69, 9.17) is 0 Å². The van der Waals surface area contributed by atoms with Crippen molar-refractivity contribution in [2.24, 2.45) is 0 Å². The van der Waals surface area contributed by atoms with Gasteiger partial charge in [0.1, 0.15) is 5.54 Å². The highest BCUT2D eigenvalue weighted by atomic mass is 15.1. The molecule has 4 heteroatoms. The van der Waals surface area contributed by atoms with Crippen LogP contribution in [0.3, 0.4) is 0 Å². The molecule has 3 rings (SSSR count). The van der Waals surface area contributed by atoms with Crippen molar-refractivity contribution < 1.29 is 0 Å². The van der Waals surface area contributed by atoms with Gasteiger partial charge in [-0.15, -0.1) is 0 Å². The zero-order valence-corrected chi connectivity index (χ0v) is 12.3. The normalized spacial score (nSPS) is 16.8. The molecule has 1 aromatic carbocycles. The fourth-order valence-electron chi connectivity index (χ4n) is 3.12. The lowest BCUT2D eigenvalue weighted by Gasteiger charge is -2.28. The van der Waals surface area contributed by atoms with E-state index in [9.17, 15) is 5.26 Å². The van der Waals surface area contributed by atoms with Crippen molar-refractivity contribution in [2.45, 2.75) is 37.8 Å². The van der Waals surface area contributed by atoms with Crippen LogP contribution in [0.1, 0.15) is 29.8 Å². The Hall–Kier alpha value is -2.12. The minimum Gasteiger partial charge on any atom is -0.331 e.